The first-order valence-electron chi connectivity index (χ1n) is 8.78. The van der Waals surface area contributed by atoms with Crippen molar-refractivity contribution >= 4 is 21.5 Å². The number of hydrogen-bond acceptors (Lipinski definition) is 0. The van der Waals surface area contributed by atoms with Gasteiger partial charge in [-0.05, 0) is 58.1 Å². The molecule has 4 aromatic carbocycles. The average molecular weight is 368 g/mol. The Labute approximate surface area is 154 Å². The van der Waals surface area contributed by atoms with Gasteiger partial charge in [0, 0.05) is 10.8 Å². The van der Waals surface area contributed by atoms with Gasteiger partial charge in [-0.25, -0.2) is 17.6 Å². The number of halogens is 4. The fourth-order valence-electron chi connectivity index (χ4n) is 3.51. The molecule has 0 aliphatic heterocycles. The molecule has 0 fully saturated rings. The molecule has 136 valence electrons. The van der Waals surface area contributed by atoms with Gasteiger partial charge in [0.05, 0.1) is 0 Å². The van der Waals surface area contributed by atoms with Crippen LogP contribution < -0.4 is 0 Å². The van der Waals surface area contributed by atoms with Crippen molar-refractivity contribution in [2.45, 2.75) is 19.8 Å². The van der Waals surface area contributed by atoms with Crippen LogP contribution in [0.4, 0.5) is 17.6 Å². The lowest BCUT2D eigenvalue weighted by atomic mass is 9.95. The quantitative estimate of drug-likeness (QED) is 0.266. The third kappa shape index (κ3) is 2.95. The van der Waals surface area contributed by atoms with E-state index in [1.54, 1.807) is 24.3 Å². The highest BCUT2D eigenvalue weighted by Gasteiger charge is 2.14. The summed E-state index contributed by atoms with van der Waals surface area (Å²) in [6.07, 6.45) is 1.40. The highest BCUT2D eigenvalue weighted by Crippen LogP contribution is 2.34. The molecule has 0 amide bonds. The summed E-state index contributed by atoms with van der Waals surface area (Å²) in [5.74, 6) is -2.83. The molecule has 4 aromatic rings. The first-order chi connectivity index (χ1) is 13.0. The normalized spacial score (nSPS) is 11.4. The molecule has 27 heavy (non-hydrogen) atoms. The second-order valence-electron chi connectivity index (χ2n) is 6.63. The summed E-state index contributed by atoms with van der Waals surface area (Å²) in [5.41, 5.74) is 1.57. The standard InChI is InChI=1S/C23H16F4/c1-2-3-13-4-7-17-16-8-5-14(15-6-9-20(24)22(26)11-15)10-18(16)21(25)12-19(17)23(13)27/h4-12H,2-3H2,1H3. The summed E-state index contributed by atoms with van der Waals surface area (Å²) in [6, 6.07) is 13.3. The summed E-state index contributed by atoms with van der Waals surface area (Å²) >= 11 is 0. The van der Waals surface area contributed by atoms with Crippen LogP contribution in [0.15, 0.2) is 54.6 Å². The number of rotatable bonds is 3. The molecule has 0 saturated heterocycles. The molecule has 0 unspecified atom stereocenters. The number of benzene rings is 4. The lowest BCUT2D eigenvalue weighted by Crippen LogP contribution is -1.94. The van der Waals surface area contributed by atoms with Crippen molar-refractivity contribution in [3.8, 4) is 11.1 Å². The Hall–Kier alpha value is -2.88. The zero-order chi connectivity index (χ0) is 19.1. The topological polar surface area (TPSA) is 0 Å². The van der Waals surface area contributed by atoms with Crippen LogP contribution in [-0.4, -0.2) is 0 Å². The Morgan fingerprint density at radius 1 is 0.593 bits per heavy atom. The SMILES string of the molecule is CCCc1ccc2c(cc(F)c3cc(-c4ccc(F)c(F)c4)ccc32)c1F. The van der Waals surface area contributed by atoms with Crippen molar-refractivity contribution in [3.05, 3.63) is 83.4 Å². The molecular weight excluding hydrogens is 352 g/mol. The zero-order valence-electron chi connectivity index (χ0n) is 14.6. The molecule has 4 heteroatoms. The van der Waals surface area contributed by atoms with E-state index in [0.717, 1.165) is 18.6 Å². The minimum Gasteiger partial charge on any atom is -0.206 e. The highest BCUT2D eigenvalue weighted by atomic mass is 19.2. The summed E-state index contributed by atoms with van der Waals surface area (Å²) in [4.78, 5) is 0. The molecule has 0 saturated carbocycles. The van der Waals surface area contributed by atoms with E-state index in [-0.39, 0.29) is 11.2 Å². The van der Waals surface area contributed by atoms with Crippen LogP contribution in [0.25, 0.3) is 32.7 Å². The van der Waals surface area contributed by atoms with E-state index in [0.29, 0.717) is 39.3 Å². The van der Waals surface area contributed by atoms with Crippen LogP contribution in [0.1, 0.15) is 18.9 Å². The van der Waals surface area contributed by atoms with Gasteiger partial charge in [-0.1, -0.05) is 43.7 Å². The van der Waals surface area contributed by atoms with Gasteiger partial charge in [0.1, 0.15) is 11.6 Å². The minimum absolute atomic E-state index is 0.256. The molecule has 0 atom stereocenters. The van der Waals surface area contributed by atoms with Gasteiger partial charge in [0.2, 0.25) is 0 Å². The monoisotopic (exact) mass is 368 g/mol. The Kier molecular flexibility index (Phi) is 4.34. The second kappa shape index (κ2) is 6.69. The van der Waals surface area contributed by atoms with Crippen LogP contribution in [0, 0.1) is 23.3 Å². The van der Waals surface area contributed by atoms with Gasteiger partial charge in [0.25, 0.3) is 0 Å². The molecule has 0 aromatic heterocycles. The van der Waals surface area contributed by atoms with Crippen LogP contribution >= 0.6 is 0 Å². The Morgan fingerprint density at radius 3 is 2.00 bits per heavy atom. The molecule has 0 nitrogen and oxygen atoms in total. The largest absolute Gasteiger partial charge is 0.206 e. The van der Waals surface area contributed by atoms with Crippen molar-refractivity contribution < 1.29 is 17.6 Å². The number of fused-ring (bicyclic) bond motifs is 3. The third-order valence-electron chi connectivity index (χ3n) is 4.87. The van der Waals surface area contributed by atoms with E-state index < -0.39 is 17.5 Å². The summed E-state index contributed by atoms with van der Waals surface area (Å²) in [5, 5.41) is 1.78. The minimum atomic E-state index is -0.961. The van der Waals surface area contributed by atoms with Crippen molar-refractivity contribution in [2.24, 2.45) is 0 Å². The maximum absolute atomic E-state index is 14.8. The van der Waals surface area contributed by atoms with E-state index in [9.17, 15) is 17.6 Å². The van der Waals surface area contributed by atoms with Gasteiger partial charge in [-0.3, -0.25) is 0 Å². The summed E-state index contributed by atoms with van der Waals surface area (Å²) in [7, 11) is 0. The Morgan fingerprint density at radius 2 is 1.26 bits per heavy atom. The summed E-state index contributed by atoms with van der Waals surface area (Å²) in [6.45, 7) is 1.96. The lowest BCUT2D eigenvalue weighted by Gasteiger charge is -2.11. The van der Waals surface area contributed by atoms with E-state index >= 15 is 0 Å². The Balaban J connectivity index is 1.94. The van der Waals surface area contributed by atoms with Crippen molar-refractivity contribution in [1.29, 1.82) is 0 Å². The van der Waals surface area contributed by atoms with E-state index in [2.05, 4.69) is 0 Å². The van der Waals surface area contributed by atoms with Gasteiger partial charge in [-0.2, -0.15) is 0 Å². The van der Waals surface area contributed by atoms with Crippen LogP contribution in [0.5, 0.6) is 0 Å². The maximum atomic E-state index is 14.8. The van der Waals surface area contributed by atoms with E-state index in [1.807, 2.05) is 13.0 Å². The molecule has 0 bridgehead atoms. The molecule has 0 radical (unpaired) electrons. The fraction of sp³-hybridized carbons (Fsp3) is 0.130. The van der Waals surface area contributed by atoms with Gasteiger partial charge in [0.15, 0.2) is 11.6 Å². The first-order valence-corrected chi connectivity index (χ1v) is 8.78. The van der Waals surface area contributed by atoms with Crippen LogP contribution in [0.2, 0.25) is 0 Å². The molecule has 0 aliphatic rings. The molecule has 0 aliphatic carbocycles. The van der Waals surface area contributed by atoms with Crippen LogP contribution in [0.3, 0.4) is 0 Å². The average Bonchev–Trinajstić information content (AvgIpc) is 2.67. The lowest BCUT2D eigenvalue weighted by molar-refractivity contribution is 0.509. The number of aryl methyl sites for hydroxylation is 1. The zero-order valence-corrected chi connectivity index (χ0v) is 14.6. The predicted octanol–water partition coefficient (Wildman–Crippen LogP) is 7.17. The van der Waals surface area contributed by atoms with Crippen molar-refractivity contribution in [2.75, 3.05) is 0 Å². The van der Waals surface area contributed by atoms with Gasteiger partial charge in [-0.15, -0.1) is 0 Å². The predicted molar refractivity (Wildman–Crippen MR) is 101 cm³/mol. The number of hydrogen-bond donors (Lipinski definition) is 0. The molecule has 4 rings (SSSR count). The first kappa shape index (κ1) is 17.5. The molecule has 0 heterocycles. The molecular formula is C23H16F4. The van der Waals surface area contributed by atoms with Gasteiger partial charge < -0.3 is 0 Å². The third-order valence-corrected chi connectivity index (χ3v) is 4.87. The summed E-state index contributed by atoms with van der Waals surface area (Å²) < 4.78 is 56.2. The van der Waals surface area contributed by atoms with Gasteiger partial charge >= 0.3 is 0 Å². The van der Waals surface area contributed by atoms with Crippen molar-refractivity contribution in [3.63, 3.8) is 0 Å². The van der Waals surface area contributed by atoms with Crippen molar-refractivity contribution in [1.82, 2.24) is 0 Å². The van der Waals surface area contributed by atoms with E-state index in [4.69, 9.17) is 0 Å². The van der Waals surface area contributed by atoms with Crippen LogP contribution in [-0.2, 0) is 6.42 Å². The maximum Gasteiger partial charge on any atom is 0.159 e. The highest BCUT2D eigenvalue weighted by molar-refractivity contribution is 6.09. The second-order valence-corrected chi connectivity index (χ2v) is 6.63. The van der Waals surface area contributed by atoms with E-state index in [1.165, 1.54) is 12.1 Å². The fourth-order valence-corrected chi connectivity index (χ4v) is 3.51. The Bertz CT molecular complexity index is 1180. The molecule has 0 N–H and O–H groups in total. The smallest absolute Gasteiger partial charge is 0.159 e. The molecule has 0 spiro atoms.